The maximum absolute atomic E-state index is 12.8. The topological polar surface area (TPSA) is 66.8 Å². The molecule has 1 aromatic rings. The Morgan fingerprint density at radius 1 is 1.38 bits per heavy atom. The maximum atomic E-state index is 12.8. The van der Waals surface area contributed by atoms with Gasteiger partial charge in [-0.1, -0.05) is 12.1 Å². The van der Waals surface area contributed by atoms with E-state index < -0.39 is 12.1 Å². The molecule has 5 nitrogen and oxygen atoms in total. The van der Waals surface area contributed by atoms with Crippen LogP contribution in [0.5, 0.6) is 0 Å². The van der Waals surface area contributed by atoms with Gasteiger partial charge in [0, 0.05) is 12.1 Å². The molecule has 1 N–H and O–H groups in total. The van der Waals surface area contributed by atoms with Crippen molar-refractivity contribution in [1.82, 2.24) is 4.90 Å². The lowest BCUT2D eigenvalue weighted by Crippen LogP contribution is -2.48. The number of hydrogen-bond donors (Lipinski definition) is 1. The molecule has 1 unspecified atom stereocenters. The Bertz CT molecular complexity index is 568. The van der Waals surface area contributed by atoms with Gasteiger partial charge in [0.05, 0.1) is 13.2 Å². The Kier molecular flexibility index (Phi) is 4.70. The smallest absolute Gasteiger partial charge is 0.334 e. The second-order valence-electron chi connectivity index (χ2n) is 4.83. The molecular weight excluding hydrogens is 277 g/mol. The lowest BCUT2D eigenvalue weighted by atomic mass is 10.1. The SMILES string of the molecule is C/C(=C/c1ccc(F)cc1)C(=O)N1CCOC(C(=O)O)C1. The highest BCUT2D eigenvalue weighted by Gasteiger charge is 2.29. The zero-order chi connectivity index (χ0) is 15.4. The van der Waals surface area contributed by atoms with Gasteiger partial charge in [-0.2, -0.15) is 0 Å². The van der Waals surface area contributed by atoms with Crippen molar-refractivity contribution in [2.45, 2.75) is 13.0 Å². The van der Waals surface area contributed by atoms with E-state index in [2.05, 4.69) is 0 Å². The highest BCUT2D eigenvalue weighted by Crippen LogP contribution is 2.13. The summed E-state index contributed by atoms with van der Waals surface area (Å²) in [7, 11) is 0. The molecule has 0 radical (unpaired) electrons. The van der Waals surface area contributed by atoms with Crippen molar-refractivity contribution >= 4 is 18.0 Å². The fraction of sp³-hybridized carbons (Fsp3) is 0.333. The first-order valence-corrected chi connectivity index (χ1v) is 6.55. The first kappa shape index (κ1) is 15.2. The van der Waals surface area contributed by atoms with E-state index in [1.807, 2.05) is 0 Å². The third kappa shape index (κ3) is 3.88. The third-order valence-corrected chi connectivity index (χ3v) is 3.22. The van der Waals surface area contributed by atoms with Crippen LogP contribution < -0.4 is 0 Å². The van der Waals surface area contributed by atoms with E-state index >= 15 is 0 Å². The van der Waals surface area contributed by atoms with Gasteiger partial charge in [0.25, 0.3) is 0 Å². The summed E-state index contributed by atoms with van der Waals surface area (Å²) >= 11 is 0. The molecule has 1 heterocycles. The molecule has 0 aromatic heterocycles. The molecule has 6 heteroatoms. The number of carbonyl (C=O) groups is 2. The monoisotopic (exact) mass is 293 g/mol. The molecule has 1 atom stereocenters. The van der Waals surface area contributed by atoms with Gasteiger partial charge in [0.2, 0.25) is 5.91 Å². The summed E-state index contributed by atoms with van der Waals surface area (Å²) in [6.45, 7) is 2.24. The van der Waals surface area contributed by atoms with Crippen LogP contribution in [0.1, 0.15) is 12.5 Å². The summed E-state index contributed by atoms with van der Waals surface area (Å²) in [6, 6.07) is 5.79. The van der Waals surface area contributed by atoms with Gasteiger partial charge in [0.15, 0.2) is 6.10 Å². The molecule has 0 saturated carbocycles. The average Bonchev–Trinajstić information content (AvgIpc) is 2.49. The van der Waals surface area contributed by atoms with Gasteiger partial charge < -0.3 is 14.7 Å². The maximum Gasteiger partial charge on any atom is 0.334 e. The molecule has 0 bridgehead atoms. The van der Waals surface area contributed by atoms with Crippen molar-refractivity contribution in [3.63, 3.8) is 0 Å². The quantitative estimate of drug-likeness (QED) is 0.859. The highest BCUT2D eigenvalue weighted by molar-refractivity contribution is 5.97. The van der Waals surface area contributed by atoms with E-state index in [0.717, 1.165) is 0 Å². The number of ether oxygens (including phenoxy) is 1. The van der Waals surface area contributed by atoms with E-state index in [0.29, 0.717) is 17.7 Å². The molecule has 1 aliphatic rings. The van der Waals surface area contributed by atoms with Crippen LogP contribution in [-0.4, -0.2) is 47.7 Å². The summed E-state index contributed by atoms with van der Waals surface area (Å²) in [5.74, 6) is -1.66. The average molecular weight is 293 g/mol. The Balaban J connectivity index is 2.08. The number of aliphatic carboxylic acids is 1. The fourth-order valence-electron chi connectivity index (χ4n) is 2.10. The Morgan fingerprint density at radius 3 is 2.67 bits per heavy atom. The van der Waals surface area contributed by atoms with Crippen LogP contribution in [0.25, 0.3) is 6.08 Å². The molecule has 1 amide bonds. The molecule has 0 aliphatic carbocycles. The zero-order valence-corrected chi connectivity index (χ0v) is 11.6. The van der Waals surface area contributed by atoms with Crippen molar-refractivity contribution < 1.29 is 23.8 Å². The number of benzene rings is 1. The number of hydrogen-bond acceptors (Lipinski definition) is 3. The molecule has 1 aromatic carbocycles. The number of halogens is 1. The Hall–Kier alpha value is -2.21. The second kappa shape index (κ2) is 6.49. The number of morpholine rings is 1. The number of nitrogens with zero attached hydrogens (tertiary/aromatic N) is 1. The number of rotatable bonds is 3. The zero-order valence-electron chi connectivity index (χ0n) is 11.6. The summed E-state index contributed by atoms with van der Waals surface area (Å²) in [4.78, 5) is 24.6. The first-order chi connectivity index (χ1) is 9.97. The summed E-state index contributed by atoms with van der Waals surface area (Å²) < 4.78 is 17.9. The van der Waals surface area contributed by atoms with Crippen LogP contribution in [0.3, 0.4) is 0 Å². The predicted octanol–water partition coefficient (Wildman–Crippen LogP) is 1.54. The second-order valence-corrected chi connectivity index (χ2v) is 4.83. The van der Waals surface area contributed by atoms with E-state index in [4.69, 9.17) is 9.84 Å². The van der Waals surface area contributed by atoms with Gasteiger partial charge in [-0.05, 0) is 30.7 Å². The molecular formula is C15H16FNO4. The fourth-order valence-corrected chi connectivity index (χ4v) is 2.10. The van der Waals surface area contributed by atoms with Crippen LogP contribution in [0.4, 0.5) is 4.39 Å². The third-order valence-electron chi connectivity index (χ3n) is 3.22. The van der Waals surface area contributed by atoms with Crippen LogP contribution >= 0.6 is 0 Å². The van der Waals surface area contributed by atoms with E-state index in [9.17, 15) is 14.0 Å². The molecule has 21 heavy (non-hydrogen) atoms. The molecule has 1 fully saturated rings. The summed E-state index contributed by atoms with van der Waals surface area (Å²) in [6.07, 6.45) is 0.661. The Labute approximate surface area is 121 Å². The van der Waals surface area contributed by atoms with Crippen LogP contribution in [0.15, 0.2) is 29.8 Å². The van der Waals surface area contributed by atoms with Gasteiger partial charge in [-0.15, -0.1) is 0 Å². The van der Waals surface area contributed by atoms with Gasteiger partial charge >= 0.3 is 5.97 Å². The lowest BCUT2D eigenvalue weighted by Gasteiger charge is -2.31. The molecule has 112 valence electrons. The minimum Gasteiger partial charge on any atom is -0.479 e. The minimum atomic E-state index is -1.08. The van der Waals surface area contributed by atoms with Crippen molar-refractivity contribution in [2.75, 3.05) is 19.7 Å². The van der Waals surface area contributed by atoms with Gasteiger partial charge in [-0.3, -0.25) is 4.79 Å². The highest BCUT2D eigenvalue weighted by atomic mass is 19.1. The van der Waals surface area contributed by atoms with E-state index in [1.165, 1.54) is 17.0 Å². The van der Waals surface area contributed by atoms with Crippen molar-refractivity contribution in [3.05, 3.63) is 41.2 Å². The number of carbonyl (C=O) groups excluding carboxylic acids is 1. The van der Waals surface area contributed by atoms with Crippen LogP contribution in [-0.2, 0) is 14.3 Å². The van der Waals surface area contributed by atoms with E-state index in [1.54, 1.807) is 25.1 Å². The standard InChI is InChI=1S/C15H16FNO4/c1-10(8-11-2-4-12(16)5-3-11)14(18)17-6-7-21-13(9-17)15(19)20/h2-5,8,13H,6-7,9H2,1H3,(H,19,20)/b10-8-. The number of carboxylic acids is 1. The minimum absolute atomic E-state index is 0.0305. The number of amides is 1. The molecule has 1 saturated heterocycles. The van der Waals surface area contributed by atoms with Crippen molar-refractivity contribution in [3.8, 4) is 0 Å². The predicted molar refractivity (Wildman–Crippen MR) is 74.0 cm³/mol. The van der Waals surface area contributed by atoms with Crippen LogP contribution in [0, 0.1) is 5.82 Å². The van der Waals surface area contributed by atoms with E-state index in [-0.39, 0.29) is 24.9 Å². The first-order valence-electron chi connectivity index (χ1n) is 6.55. The number of carboxylic acid groups (broad SMARTS) is 1. The largest absolute Gasteiger partial charge is 0.479 e. The molecule has 2 rings (SSSR count). The van der Waals surface area contributed by atoms with Crippen molar-refractivity contribution in [1.29, 1.82) is 0 Å². The van der Waals surface area contributed by atoms with Crippen molar-refractivity contribution in [2.24, 2.45) is 0 Å². The lowest BCUT2D eigenvalue weighted by molar-refractivity contribution is -0.158. The Morgan fingerprint density at radius 2 is 2.05 bits per heavy atom. The molecule has 0 spiro atoms. The normalized spacial score (nSPS) is 19.4. The van der Waals surface area contributed by atoms with Gasteiger partial charge in [-0.25, -0.2) is 9.18 Å². The van der Waals surface area contributed by atoms with Gasteiger partial charge in [0.1, 0.15) is 5.82 Å². The summed E-state index contributed by atoms with van der Waals surface area (Å²) in [5, 5.41) is 8.92. The summed E-state index contributed by atoms with van der Waals surface area (Å²) in [5.41, 5.74) is 1.18. The van der Waals surface area contributed by atoms with Crippen LogP contribution in [0.2, 0.25) is 0 Å². The molecule has 1 aliphatic heterocycles.